The van der Waals surface area contributed by atoms with Crippen molar-refractivity contribution in [1.29, 1.82) is 0 Å². The highest BCUT2D eigenvalue weighted by atomic mass is 16.5. The van der Waals surface area contributed by atoms with E-state index >= 15 is 0 Å². The summed E-state index contributed by atoms with van der Waals surface area (Å²) in [4.78, 5) is 12.9. The van der Waals surface area contributed by atoms with Gasteiger partial charge in [0.15, 0.2) is 11.5 Å². The molecule has 0 unspecified atom stereocenters. The highest BCUT2D eigenvalue weighted by molar-refractivity contribution is 5.78. The predicted molar refractivity (Wildman–Crippen MR) is 117 cm³/mol. The summed E-state index contributed by atoms with van der Waals surface area (Å²) in [6.07, 6.45) is 0.801. The van der Waals surface area contributed by atoms with Gasteiger partial charge < -0.3 is 24.3 Å². The van der Waals surface area contributed by atoms with Crippen LogP contribution in [0, 0.1) is 0 Å². The van der Waals surface area contributed by atoms with Gasteiger partial charge in [0, 0.05) is 17.5 Å². The van der Waals surface area contributed by atoms with Gasteiger partial charge in [-0.05, 0) is 30.2 Å². The third-order valence-electron chi connectivity index (χ3n) is 5.39. The number of carbonyl (C=O) groups excluding carboxylic acids is 1. The molecule has 0 aromatic heterocycles. The zero-order valence-corrected chi connectivity index (χ0v) is 17.8. The Balaban J connectivity index is 1.53. The molecule has 1 aliphatic heterocycles. The van der Waals surface area contributed by atoms with Gasteiger partial charge in [0.25, 0.3) is 0 Å². The van der Waals surface area contributed by atoms with Crippen molar-refractivity contribution in [1.82, 2.24) is 5.32 Å². The van der Waals surface area contributed by atoms with Gasteiger partial charge in [-0.15, -0.1) is 0 Å². The Morgan fingerprint density at radius 2 is 1.45 bits per heavy atom. The minimum absolute atomic E-state index is 0.0617. The van der Waals surface area contributed by atoms with Crippen molar-refractivity contribution >= 4 is 5.91 Å². The maximum absolute atomic E-state index is 12.9. The lowest BCUT2D eigenvalue weighted by molar-refractivity contribution is -0.121. The van der Waals surface area contributed by atoms with Gasteiger partial charge >= 0.3 is 0 Å². The number of para-hydroxylation sites is 2. The van der Waals surface area contributed by atoms with Crippen molar-refractivity contribution in [3.05, 3.63) is 77.4 Å². The number of amides is 1. The van der Waals surface area contributed by atoms with E-state index in [1.54, 1.807) is 21.3 Å². The van der Waals surface area contributed by atoms with E-state index in [2.05, 4.69) is 5.32 Å². The summed E-state index contributed by atoms with van der Waals surface area (Å²) < 4.78 is 22.3. The van der Waals surface area contributed by atoms with Gasteiger partial charge in [0.05, 0.1) is 27.4 Å². The van der Waals surface area contributed by atoms with Gasteiger partial charge in [-0.25, -0.2) is 0 Å². The Bertz CT molecular complexity index is 1050. The maximum atomic E-state index is 12.9. The molecular weight excluding hydrogens is 394 g/mol. The third kappa shape index (κ3) is 4.01. The molecule has 1 N–H and O–H groups in total. The van der Waals surface area contributed by atoms with E-state index in [0.29, 0.717) is 30.1 Å². The van der Waals surface area contributed by atoms with E-state index in [-0.39, 0.29) is 11.9 Å². The number of carbonyl (C=O) groups is 1. The molecule has 3 aromatic carbocycles. The molecule has 0 bridgehead atoms. The number of ether oxygens (including phenoxy) is 4. The summed E-state index contributed by atoms with van der Waals surface area (Å²) in [5.74, 6) is 3.14. The Labute approximate surface area is 181 Å². The van der Waals surface area contributed by atoms with Crippen LogP contribution in [0.3, 0.4) is 0 Å². The molecule has 0 fully saturated rings. The van der Waals surface area contributed by atoms with Crippen molar-refractivity contribution in [2.45, 2.75) is 18.9 Å². The lowest BCUT2D eigenvalue weighted by atomic mass is 9.94. The Kier molecular flexibility index (Phi) is 5.98. The second-order valence-corrected chi connectivity index (χ2v) is 7.17. The fraction of sp³-hybridized carbons (Fsp3) is 0.240. The molecule has 31 heavy (non-hydrogen) atoms. The van der Waals surface area contributed by atoms with E-state index in [4.69, 9.17) is 18.9 Å². The number of benzene rings is 3. The van der Waals surface area contributed by atoms with Gasteiger partial charge in [-0.2, -0.15) is 0 Å². The lowest BCUT2D eigenvalue weighted by Gasteiger charge is -2.28. The fourth-order valence-corrected chi connectivity index (χ4v) is 3.91. The number of nitrogens with one attached hydrogen (secondary N) is 1. The van der Waals surface area contributed by atoms with Crippen LogP contribution in [0.5, 0.6) is 28.7 Å². The minimum atomic E-state index is -0.263. The van der Waals surface area contributed by atoms with E-state index in [1.165, 1.54) is 0 Å². The molecule has 0 radical (unpaired) electrons. The summed E-state index contributed by atoms with van der Waals surface area (Å²) in [5.41, 5.74) is 2.76. The molecule has 4 rings (SSSR count). The standard InChI is InChI=1S/C25H25NO5/c1-28-21-14-12-16(24(29-2)25(21)30-3)13-15-22(27)26-23-17-8-4-6-10-19(17)31-20-11-7-5-9-18(20)23/h4-12,14,23H,13,15H2,1-3H3,(H,26,27). The van der Waals surface area contributed by atoms with Crippen LogP contribution < -0.4 is 24.3 Å². The predicted octanol–water partition coefficient (Wildman–Crippen LogP) is 4.66. The molecule has 160 valence electrons. The molecule has 1 amide bonds. The van der Waals surface area contributed by atoms with Gasteiger partial charge in [-0.3, -0.25) is 4.79 Å². The molecule has 6 nitrogen and oxygen atoms in total. The SMILES string of the molecule is COc1ccc(CCC(=O)NC2c3ccccc3Oc3ccccc32)c(OC)c1OC. The molecule has 3 aromatic rings. The number of hydrogen-bond acceptors (Lipinski definition) is 5. The molecule has 0 saturated carbocycles. The summed E-state index contributed by atoms with van der Waals surface area (Å²) in [5, 5.41) is 3.17. The molecule has 0 spiro atoms. The second-order valence-electron chi connectivity index (χ2n) is 7.17. The number of rotatable bonds is 7. The van der Waals surface area contributed by atoms with Crippen molar-refractivity contribution in [2.24, 2.45) is 0 Å². The van der Waals surface area contributed by atoms with Crippen LogP contribution in [0.4, 0.5) is 0 Å². The van der Waals surface area contributed by atoms with E-state index in [9.17, 15) is 4.79 Å². The molecule has 1 heterocycles. The zero-order valence-electron chi connectivity index (χ0n) is 17.8. The van der Waals surface area contributed by atoms with Crippen LogP contribution in [0.25, 0.3) is 0 Å². The topological polar surface area (TPSA) is 66.0 Å². The Morgan fingerprint density at radius 3 is 2.03 bits per heavy atom. The molecule has 0 aliphatic carbocycles. The first-order chi connectivity index (χ1) is 15.2. The summed E-state index contributed by atoms with van der Waals surface area (Å²) >= 11 is 0. The van der Waals surface area contributed by atoms with Gasteiger partial charge in [0.2, 0.25) is 11.7 Å². The molecule has 0 atom stereocenters. The van der Waals surface area contributed by atoms with Crippen LogP contribution in [0.2, 0.25) is 0 Å². The maximum Gasteiger partial charge on any atom is 0.221 e. The van der Waals surface area contributed by atoms with Crippen molar-refractivity contribution in [3.63, 3.8) is 0 Å². The van der Waals surface area contributed by atoms with E-state index < -0.39 is 0 Å². The first-order valence-corrected chi connectivity index (χ1v) is 10.1. The first kappa shape index (κ1) is 20.6. The van der Waals surface area contributed by atoms with E-state index in [0.717, 1.165) is 28.2 Å². The Morgan fingerprint density at radius 1 is 0.839 bits per heavy atom. The monoisotopic (exact) mass is 419 g/mol. The summed E-state index contributed by atoms with van der Waals surface area (Å²) in [6, 6.07) is 19.0. The first-order valence-electron chi connectivity index (χ1n) is 10.1. The smallest absolute Gasteiger partial charge is 0.221 e. The second kappa shape index (κ2) is 9.00. The zero-order chi connectivity index (χ0) is 21.8. The lowest BCUT2D eigenvalue weighted by Crippen LogP contribution is -2.31. The fourth-order valence-electron chi connectivity index (χ4n) is 3.91. The summed E-state index contributed by atoms with van der Waals surface area (Å²) in [7, 11) is 4.72. The van der Waals surface area contributed by atoms with Crippen LogP contribution in [0.15, 0.2) is 60.7 Å². The molecule has 0 saturated heterocycles. The minimum Gasteiger partial charge on any atom is -0.493 e. The van der Waals surface area contributed by atoms with Crippen LogP contribution >= 0.6 is 0 Å². The third-order valence-corrected chi connectivity index (χ3v) is 5.39. The highest BCUT2D eigenvalue weighted by Crippen LogP contribution is 2.43. The van der Waals surface area contributed by atoms with Gasteiger partial charge in [0.1, 0.15) is 11.5 Å². The largest absolute Gasteiger partial charge is 0.493 e. The number of hydrogen-bond donors (Lipinski definition) is 1. The molecule has 6 heteroatoms. The number of fused-ring (bicyclic) bond motifs is 2. The van der Waals surface area contributed by atoms with Crippen LogP contribution in [-0.2, 0) is 11.2 Å². The van der Waals surface area contributed by atoms with Crippen LogP contribution in [-0.4, -0.2) is 27.2 Å². The summed E-state index contributed by atoms with van der Waals surface area (Å²) in [6.45, 7) is 0. The van der Waals surface area contributed by atoms with Crippen molar-refractivity contribution in [2.75, 3.05) is 21.3 Å². The van der Waals surface area contributed by atoms with Crippen LogP contribution in [0.1, 0.15) is 29.2 Å². The van der Waals surface area contributed by atoms with E-state index in [1.807, 2.05) is 60.7 Å². The number of aryl methyl sites for hydroxylation is 1. The molecule has 1 aliphatic rings. The Hall–Kier alpha value is -3.67. The highest BCUT2D eigenvalue weighted by Gasteiger charge is 2.28. The van der Waals surface area contributed by atoms with Gasteiger partial charge in [-0.1, -0.05) is 42.5 Å². The van der Waals surface area contributed by atoms with Crippen molar-refractivity contribution < 1.29 is 23.7 Å². The number of methoxy groups -OCH3 is 3. The average Bonchev–Trinajstić information content (AvgIpc) is 2.81. The van der Waals surface area contributed by atoms with Crippen molar-refractivity contribution in [3.8, 4) is 28.7 Å². The average molecular weight is 419 g/mol. The molecular formula is C25H25NO5. The quantitative estimate of drug-likeness (QED) is 0.604. The normalized spacial score (nSPS) is 12.2.